The summed E-state index contributed by atoms with van der Waals surface area (Å²) in [7, 11) is 0. The Bertz CT molecular complexity index is 864. The van der Waals surface area contributed by atoms with Crippen molar-refractivity contribution in [3.63, 3.8) is 0 Å². The molecule has 0 aromatic heterocycles. The number of aliphatic carboxylic acids is 1. The number of rotatable bonds is 3. The molecule has 1 aromatic rings. The first-order chi connectivity index (χ1) is 12.4. The number of thioether (sulfide) groups is 2. The Kier molecular flexibility index (Phi) is 5.23. The van der Waals surface area contributed by atoms with Gasteiger partial charge in [-0.15, -0.1) is 11.8 Å². The fourth-order valence-corrected chi connectivity index (χ4v) is 5.75. The number of hydrogen-bond donors (Lipinski definition) is 1. The average Bonchev–Trinajstić information content (AvgIpc) is 2.80. The van der Waals surface area contributed by atoms with Crippen LogP contribution in [0.1, 0.15) is 34.6 Å². The normalized spacial score (nSPS) is 23.6. The van der Waals surface area contributed by atoms with E-state index in [1.807, 2.05) is 38.1 Å². The van der Waals surface area contributed by atoms with Gasteiger partial charge in [-0.2, -0.15) is 0 Å². The van der Waals surface area contributed by atoms with Crippen LogP contribution in [0.3, 0.4) is 0 Å². The number of carboxylic acid groups (broad SMARTS) is 1. The molecule has 1 N–H and O–H groups in total. The Hall–Kier alpha value is -1.33. The molecule has 144 valence electrons. The zero-order chi connectivity index (χ0) is 20.1. The molecule has 0 bridgehead atoms. The Morgan fingerprint density at radius 3 is 2.41 bits per heavy atom. The number of β-lactam (4-membered cyclic amide) rings is 1. The van der Waals surface area contributed by atoms with Crippen LogP contribution in [0.5, 0.6) is 0 Å². The van der Waals surface area contributed by atoms with Gasteiger partial charge in [0.25, 0.3) is 5.91 Å². The zero-order valence-electron chi connectivity index (χ0n) is 15.9. The highest BCUT2D eigenvalue weighted by atomic mass is 35.5. The van der Waals surface area contributed by atoms with E-state index in [-0.39, 0.29) is 16.7 Å². The summed E-state index contributed by atoms with van der Waals surface area (Å²) in [5, 5.41) is 9.97. The molecule has 2 heterocycles. The van der Waals surface area contributed by atoms with Gasteiger partial charge < -0.3 is 10.0 Å². The topological polar surface area (TPSA) is 57.6 Å². The van der Waals surface area contributed by atoms with Crippen molar-refractivity contribution in [1.82, 2.24) is 4.90 Å². The molecule has 2 fully saturated rings. The van der Waals surface area contributed by atoms with Crippen LogP contribution in [0.25, 0.3) is 0 Å². The van der Waals surface area contributed by atoms with Gasteiger partial charge in [-0.25, -0.2) is 4.79 Å². The third-order valence-electron chi connectivity index (χ3n) is 4.51. The Morgan fingerprint density at radius 2 is 1.89 bits per heavy atom. The van der Waals surface area contributed by atoms with Gasteiger partial charge >= 0.3 is 5.97 Å². The molecular formula is C20H22ClNO3S2. The molecule has 2 saturated heterocycles. The molecule has 4 nitrogen and oxygen atoms in total. The molecular weight excluding hydrogens is 402 g/mol. The molecule has 0 unspecified atom stereocenters. The Balaban J connectivity index is 2.00. The minimum Gasteiger partial charge on any atom is -0.480 e. The van der Waals surface area contributed by atoms with E-state index in [4.69, 9.17) is 11.6 Å². The number of amides is 1. The second kappa shape index (κ2) is 6.93. The molecule has 27 heavy (non-hydrogen) atoms. The summed E-state index contributed by atoms with van der Waals surface area (Å²) in [4.78, 5) is 27.8. The first kappa shape index (κ1) is 20.4. The van der Waals surface area contributed by atoms with Gasteiger partial charge in [0.1, 0.15) is 11.4 Å². The average molecular weight is 424 g/mol. The van der Waals surface area contributed by atoms with E-state index in [0.717, 1.165) is 9.80 Å². The van der Waals surface area contributed by atoms with Crippen molar-refractivity contribution in [2.45, 2.75) is 55.7 Å². The molecule has 0 spiro atoms. The van der Waals surface area contributed by atoms with Gasteiger partial charge in [-0.05, 0) is 38.1 Å². The van der Waals surface area contributed by atoms with E-state index < -0.39 is 16.8 Å². The van der Waals surface area contributed by atoms with Crippen molar-refractivity contribution in [2.75, 3.05) is 0 Å². The van der Waals surface area contributed by atoms with Crippen LogP contribution in [0.15, 0.2) is 45.4 Å². The van der Waals surface area contributed by atoms with E-state index in [2.05, 4.69) is 26.5 Å². The lowest BCUT2D eigenvalue weighted by Crippen LogP contribution is -2.58. The van der Waals surface area contributed by atoms with Crippen molar-refractivity contribution < 1.29 is 14.7 Å². The van der Waals surface area contributed by atoms with Crippen LogP contribution in [0.2, 0.25) is 5.02 Å². The van der Waals surface area contributed by atoms with Crippen LogP contribution < -0.4 is 0 Å². The summed E-state index contributed by atoms with van der Waals surface area (Å²) < 4.78 is -0.541. The van der Waals surface area contributed by atoms with Crippen LogP contribution in [-0.4, -0.2) is 38.0 Å². The molecule has 7 heteroatoms. The van der Waals surface area contributed by atoms with E-state index >= 15 is 0 Å². The molecule has 2 aliphatic heterocycles. The summed E-state index contributed by atoms with van der Waals surface area (Å²) in [6.45, 7) is 9.97. The Morgan fingerprint density at radius 1 is 1.30 bits per heavy atom. The molecule has 2 aliphatic rings. The largest absolute Gasteiger partial charge is 0.480 e. The monoisotopic (exact) mass is 423 g/mol. The maximum absolute atomic E-state index is 12.7. The molecule has 3 rings (SSSR count). The Labute approximate surface area is 173 Å². The van der Waals surface area contributed by atoms with Gasteiger partial charge in [0.15, 0.2) is 0 Å². The summed E-state index contributed by atoms with van der Waals surface area (Å²) in [6.07, 6.45) is 0. The van der Waals surface area contributed by atoms with E-state index in [9.17, 15) is 14.7 Å². The van der Waals surface area contributed by atoms with Crippen molar-refractivity contribution in [3.05, 3.63) is 45.5 Å². The highest BCUT2D eigenvalue weighted by Gasteiger charge is 2.61. The van der Waals surface area contributed by atoms with Crippen LogP contribution in [-0.2, 0) is 9.59 Å². The first-order valence-corrected chi connectivity index (χ1v) is 10.7. The number of carboxylic acids is 1. The number of carbonyl (C=O) groups excluding carboxylic acids is 1. The molecule has 0 radical (unpaired) electrons. The third kappa shape index (κ3) is 3.81. The van der Waals surface area contributed by atoms with Crippen LogP contribution in [0, 0.1) is 5.41 Å². The molecule has 0 aliphatic carbocycles. The molecule has 0 saturated carbocycles. The van der Waals surface area contributed by atoms with Gasteiger partial charge in [0.2, 0.25) is 0 Å². The fourth-order valence-electron chi connectivity index (χ4n) is 3.12. The third-order valence-corrected chi connectivity index (χ3v) is 7.71. The van der Waals surface area contributed by atoms with Crippen LogP contribution >= 0.6 is 35.1 Å². The van der Waals surface area contributed by atoms with Gasteiger partial charge in [0, 0.05) is 25.0 Å². The van der Waals surface area contributed by atoms with Gasteiger partial charge in [0.05, 0.1) is 5.57 Å². The smallest absolute Gasteiger partial charge is 0.327 e. The molecule has 1 amide bonds. The quantitative estimate of drug-likeness (QED) is 0.319. The second-order valence-electron chi connectivity index (χ2n) is 8.20. The van der Waals surface area contributed by atoms with E-state index in [1.165, 1.54) is 16.7 Å². The fraction of sp³-hybridized carbons (Fsp3) is 0.450. The van der Waals surface area contributed by atoms with Crippen molar-refractivity contribution in [1.29, 1.82) is 0 Å². The summed E-state index contributed by atoms with van der Waals surface area (Å²) >= 11 is 9.03. The number of fused-ring (bicyclic) bond motifs is 1. The SMILES string of the molecule is CC(C)(C)C(=C=C1C(=O)N2[C@@H]1SC(C)(C)[C@@H]2C(=O)O)Sc1ccc(Cl)cc1. The van der Waals surface area contributed by atoms with Gasteiger partial charge in [-0.3, -0.25) is 4.79 Å². The highest BCUT2D eigenvalue weighted by molar-refractivity contribution is 8.03. The lowest BCUT2D eigenvalue weighted by Gasteiger charge is -2.38. The first-order valence-electron chi connectivity index (χ1n) is 8.60. The summed E-state index contributed by atoms with van der Waals surface area (Å²) in [6, 6.07) is 6.73. The number of halogens is 1. The predicted molar refractivity (Wildman–Crippen MR) is 111 cm³/mol. The minimum absolute atomic E-state index is 0.205. The van der Waals surface area contributed by atoms with E-state index in [0.29, 0.717) is 10.6 Å². The summed E-state index contributed by atoms with van der Waals surface area (Å²) in [5.74, 6) is -1.19. The van der Waals surface area contributed by atoms with E-state index in [1.54, 1.807) is 11.8 Å². The van der Waals surface area contributed by atoms with Gasteiger partial charge in [-0.1, -0.05) is 49.9 Å². The van der Waals surface area contributed by atoms with Crippen LogP contribution in [0.4, 0.5) is 0 Å². The number of nitrogens with zero attached hydrogens (tertiary/aromatic N) is 1. The number of benzene rings is 1. The molecule has 1 aromatic carbocycles. The van der Waals surface area contributed by atoms with Crippen molar-refractivity contribution in [3.8, 4) is 0 Å². The lowest BCUT2D eigenvalue weighted by molar-refractivity contribution is -0.152. The van der Waals surface area contributed by atoms with Crippen molar-refractivity contribution in [2.24, 2.45) is 5.41 Å². The molecule has 2 atom stereocenters. The zero-order valence-corrected chi connectivity index (χ0v) is 18.3. The second-order valence-corrected chi connectivity index (χ2v) is 11.5. The maximum atomic E-state index is 12.7. The number of carbonyl (C=O) groups is 2. The number of hydrogen-bond acceptors (Lipinski definition) is 4. The highest BCUT2D eigenvalue weighted by Crippen LogP contribution is 2.53. The maximum Gasteiger partial charge on any atom is 0.327 e. The predicted octanol–water partition coefficient (Wildman–Crippen LogP) is 5.03. The minimum atomic E-state index is -0.960. The standard InChI is InChI=1S/C20H22ClNO3S2/c1-19(2,3)14(26-12-8-6-11(21)7-9-12)10-13-16(23)22-15(18(24)25)20(4,5)27-17(13)22/h6-9,15,17H,1-5H3,(H,24,25)/t10?,15-,17+/m0/s1. The summed E-state index contributed by atoms with van der Waals surface area (Å²) in [5.41, 5.74) is 3.69. The van der Waals surface area contributed by atoms with Crippen molar-refractivity contribution >= 4 is 47.0 Å². The lowest BCUT2D eigenvalue weighted by atomic mass is 9.93.